The van der Waals surface area contributed by atoms with Crippen LogP contribution in [0.25, 0.3) is 0 Å². The molecule has 0 spiro atoms. The van der Waals surface area contributed by atoms with E-state index in [1.807, 2.05) is 48.2 Å². The maximum absolute atomic E-state index is 13.1. The lowest BCUT2D eigenvalue weighted by atomic mass is 9.97. The Labute approximate surface area is 166 Å². The molecule has 0 bridgehead atoms. The van der Waals surface area contributed by atoms with Gasteiger partial charge < -0.3 is 9.64 Å². The Morgan fingerprint density at radius 3 is 2.46 bits per heavy atom. The van der Waals surface area contributed by atoms with Gasteiger partial charge in [0.15, 0.2) is 0 Å². The second kappa shape index (κ2) is 7.89. The van der Waals surface area contributed by atoms with Gasteiger partial charge in [0.1, 0.15) is 11.9 Å². The molecule has 3 nitrogen and oxygen atoms in total. The van der Waals surface area contributed by atoms with Crippen LogP contribution in [0.2, 0.25) is 0 Å². The summed E-state index contributed by atoms with van der Waals surface area (Å²) in [5.41, 5.74) is 5.30. The van der Waals surface area contributed by atoms with Crippen molar-refractivity contribution in [1.82, 2.24) is 4.90 Å². The zero-order chi connectivity index (χ0) is 19.5. The summed E-state index contributed by atoms with van der Waals surface area (Å²) in [4.78, 5) is 15.0. The average molecular weight is 371 g/mol. The molecule has 1 atom stereocenters. The monoisotopic (exact) mass is 371 g/mol. The van der Waals surface area contributed by atoms with E-state index in [1.165, 1.54) is 5.56 Å². The van der Waals surface area contributed by atoms with E-state index in [1.54, 1.807) is 0 Å². The van der Waals surface area contributed by atoms with E-state index in [9.17, 15) is 4.79 Å². The first kappa shape index (κ1) is 18.3. The molecule has 0 fully saturated rings. The van der Waals surface area contributed by atoms with Crippen LogP contribution in [0, 0.1) is 6.92 Å². The van der Waals surface area contributed by atoms with E-state index in [0.717, 1.165) is 34.4 Å². The fourth-order valence-corrected chi connectivity index (χ4v) is 3.70. The van der Waals surface area contributed by atoms with Crippen molar-refractivity contribution in [3.05, 3.63) is 101 Å². The third-order valence-corrected chi connectivity index (χ3v) is 5.35. The summed E-state index contributed by atoms with van der Waals surface area (Å²) in [5, 5.41) is 0. The average Bonchev–Trinajstić information content (AvgIpc) is 2.73. The van der Waals surface area contributed by atoms with Crippen LogP contribution in [-0.4, -0.2) is 17.4 Å². The molecule has 0 N–H and O–H groups in total. The summed E-state index contributed by atoms with van der Waals surface area (Å²) in [7, 11) is 0. The fourth-order valence-electron chi connectivity index (χ4n) is 3.70. The Hall–Kier alpha value is -3.07. The van der Waals surface area contributed by atoms with Gasteiger partial charge in [-0.1, -0.05) is 66.2 Å². The van der Waals surface area contributed by atoms with Crippen molar-refractivity contribution in [3.8, 4) is 5.75 Å². The maximum atomic E-state index is 13.1. The van der Waals surface area contributed by atoms with E-state index in [-0.39, 0.29) is 12.0 Å². The number of nitrogens with zero attached hydrogens (tertiary/aromatic N) is 1. The summed E-state index contributed by atoms with van der Waals surface area (Å²) in [6.45, 7) is 5.47. The van der Waals surface area contributed by atoms with Crippen LogP contribution in [-0.2, 0) is 13.0 Å². The van der Waals surface area contributed by atoms with Gasteiger partial charge in [-0.25, -0.2) is 0 Å². The molecule has 3 aromatic carbocycles. The lowest BCUT2D eigenvalue weighted by Crippen LogP contribution is -2.37. The molecule has 0 unspecified atom stereocenters. The van der Waals surface area contributed by atoms with Crippen LogP contribution in [0.1, 0.15) is 45.6 Å². The standard InChI is InChI=1S/C25H25NO2/c1-18-11-13-20(14-12-18)17-26-16-15-22-23(25(26)27)9-6-10-24(22)28-19(2)21-7-4-3-5-8-21/h3-14,19H,15-17H2,1-2H3/t19-/m0/s1. The molecule has 0 aromatic heterocycles. The van der Waals surface area contributed by atoms with Crippen LogP contribution in [0.5, 0.6) is 5.75 Å². The Kier molecular flexibility index (Phi) is 5.16. The van der Waals surface area contributed by atoms with E-state index in [0.29, 0.717) is 13.1 Å². The number of benzene rings is 3. The number of ether oxygens (including phenoxy) is 1. The quantitative estimate of drug-likeness (QED) is 0.606. The van der Waals surface area contributed by atoms with Gasteiger partial charge in [0, 0.05) is 24.2 Å². The van der Waals surface area contributed by atoms with Crippen LogP contribution >= 0.6 is 0 Å². The van der Waals surface area contributed by atoms with Gasteiger partial charge in [-0.3, -0.25) is 4.79 Å². The van der Waals surface area contributed by atoms with Gasteiger partial charge in [-0.2, -0.15) is 0 Å². The zero-order valence-corrected chi connectivity index (χ0v) is 16.4. The van der Waals surface area contributed by atoms with Crippen molar-refractivity contribution in [1.29, 1.82) is 0 Å². The number of aryl methyl sites for hydroxylation is 1. The Morgan fingerprint density at radius 1 is 0.964 bits per heavy atom. The smallest absolute Gasteiger partial charge is 0.254 e. The molecule has 0 saturated heterocycles. The van der Waals surface area contributed by atoms with Gasteiger partial charge in [-0.15, -0.1) is 0 Å². The third-order valence-electron chi connectivity index (χ3n) is 5.35. The summed E-state index contributed by atoms with van der Waals surface area (Å²) >= 11 is 0. The minimum absolute atomic E-state index is 0.0617. The van der Waals surface area contributed by atoms with E-state index in [4.69, 9.17) is 4.74 Å². The second-order valence-corrected chi connectivity index (χ2v) is 7.42. The highest BCUT2D eigenvalue weighted by atomic mass is 16.5. The molecule has 1 heterocycles. The van der Waals surface area contributed by atoms with E-state index >= 15 is 0 Å². The van der Waals surface area contributed by atoms with Gasteiger partial charge >= 0.3 is 0 Å². The SMILES string of the molecule is Cc1ccc(CN2CCc3c(O[C@@H](C)c4ccccc4)cccc3C2=O)cc1. The van der Waals surface area contributed by atoms with Gasteiger partial charge in [-0.05, 0) is 43.5 Å². The number of carbonyl (C=O) groups is 1. The minimum Gasteiger partial charge on any atom is -0.486 e. The number of rotatable bonds is 5. The lowest BCUT2D eigenvalue weighted by Gasteiger charge is -2.30. The zero-order valence-electron chi connectivity index (χ0n) is 16.4. The van der Waals surface area contributed by atoms with Crippen molar-refractivity contribution >= 4 is 5.91 Å². The third kappa shape index (κ3) is 3.79. The number of amides is 1. The molecule has 0 saturated carbocycles. The molecule has 0 radical (unpaired) electrons. The van der Waals surface area contributed by atoms with Gasteiger partial charge in [0.05, 0.1) is 0 Å². The lowest BCUT2D eigenvalue weighted by molar-refractivity contribution is 0.0724. The van der Waals surface area contributed by atoms with Gasteiger partial charge in [0.25, 0.3) is 5.91 Å². The molecular weight excluding hydrogens is 346 g/mol. The molecule has 142 valence electrons. The minimum atomic E-state index is -0.0617. The Balaban J connectivity index is 1.53. The summed E-state index contributed by atoms with van der Waals surface area (Å²) in [6, 6.07) is 24.3. The highest BCUT2D eigenvalue weighted by Gasteiger charge is 2.27. The largest absolute Gasteiger partial charge is 0.486 e. The highest BCUT2D eigenvalue weighted by Crippen LogP contribution is 2.31. The molecule has 1 aliphatic heterocycles. The first-order chi connectivity index (χ1) is 13.6. The van der Waals surface area contributed by atoms with E-state index < -0.39 is 0 Å². The molecule has 28 heavy (non-hydrogen) atoms. The van der Waals surface area contributed by atoms with Crippen LogP contribution in [0.3, 0.4) is 0 Å². The molecule has 3 aromatic rings. The topological polar surface area (TPSA) is 29.5 Å². The number of hydrogen-bond acceptors (Lipinski definition) is 2. The molecule has 0 aliphatic carbocycles. The van der Waals surface area contributed by atoms with Crippen molar-refractivity contribution < 1.29 is 9.53 Å². The molecule has 1 aliphatic rings. The summed E-state index contributed by atoms with van der Waals surface area (Å²) in [5.74, 6) is 0.900. The first-order valence-electron chi connectivity index (χ1n) is 9.80. The predicted octanol–water partition coefficient (Wildman–Crippen LogP) is 5.33. The van der Waals surface area contributed by atoms with Crippen molar-refractivity contribution in [2.24, 2.45) is 0 Å². The van der Waals surface area contributed by atoms with E-state index in [2.05, 4.69) is 43.3 Å². The van der Waals surface area contributed by atoms with Crippen molar-refractivity contribution in [3.63, 3.8) is 0 Å². The van der Waals surface area contributed by atoms with Crippen LogP contribution in [0.15, 0.2) is 72.8 Å². The highest BCUT2D eigenvalue weighted by molar-refractivity contribution is 5.97. The van der Waals surface area contributed by atoms with Crippen LogP contribution < -0.4 is 4.74 Å². The van der Waals surface area contributed by atoms with Crippen molar-refractivity contribution in [2.45, 2.75) is 32.9 Å². The molecule has 1 amide bonds. The Bertz CT molecular complexity index is 964. The predicted molar refractivity (Wildman–Crippen MR) is 112 cm³/mol. The molecule has 3 heteroatoms. The normalized spacial score (nSPS) is 14.5. The maximum Gasteiger partial charge on any atom is 0.254 e. The fraction of sp³-hybridized carbons (Fsp3) is 0.240. The first-order valence-corrected chi connectivity index (χ1v) is 9.80. The summed E-state index contributed by atoms with van der Waals surface area (Å²) in [6.07, 6.45) is 0.748. The number of carbonyl (C=O) groups excluding carboxylic acids is 1. The van der Waals surface area contributed by atoms with Gasteiger partial charge in [0.2, 0.25) is 0 Å². The number of fused-ring (bicyclic) bond motifs is 1. The van der Waals surface area contributed by atoms with Crippen LogP contribution in [0.4, 0.5) is 0 Å². The second-order valence-electron chi connectivity index (χ2n) is 7.42. The number of hydrogen-bond donors (Lipinski definition) is 0. The Morgan fingerprint density at radius 2 is 1.71 bits per heavy atom. The molecular formula is C25H25NO2. The van der Waals surface area contributed by atoms with Crippen molar-refractivity contribution in [2.75, 3.05) is 6.54 Å². The summed E-state index contributed by atoms with van der Waals surface area (Å²) < 4.78 is 6.24. The molecule has 4 rings (SSSR count).